The second-order valence-corrected chi connectivity index (χ2v) is 11.6. The molecule has 2 N–H and O–H groups in total. The number of hydrogen-bond donors (Lipinski definition) is 2. The fourth-order valence-corrected chi connectivity index (χ4v) is 5.79. The average Bonchev–Trinajstić information content (AvgIpc) is 3.30. The van der Waals surface area contributed by atoms with E-state index in [0.29, 0.717) is 6.42 Å². The summed E-state index contributed by atoms with van der Waals surface area (Å²) in [5, 5.41) is 14.5. The summed E-state index contributed by atoms with van der Waals surface area (Å²) in [4.78, 5) is 41.5. The van der Waals surface area contributed by atoms with Crippen LogP contribution in [0.2, 0.25) is 0 Å². The Morgan fingerprint density at radius 2 is 1.79 bits per heavy atom. The van der Waals surface area contributed by atoms with Gasteiger partial charge in [-0.3, -0.25) is 14.4 Å². The van der Waals surface area contributed by atoms with Gasteiger partial charge in [0.25, 0.3) is 5.56 Å². The molecule has 204 valence electrons. The maximum absolute atomic E-state index is 13.6. The number of carbonyl (C=O) groups is 2. The quantitative estimate of drug-likeness (QED) is 0.331. The van der Waals surface area contributed by atoms with Crippen molar-refractivity contribution in [1.82, 2.24) is 14.8 Å². The molecular formula is C30H39N3O4S. The van der Waals surface area contributed by atoms with Crippen LogP contribution < -0.4 is 10.9 Å². The number of thiophene rings is 1. The van der Waals surface area contributed by atoms with Crippen LogP contribution in [0.15, 0.2) is 52.8 Å². The number of amides is 1. The van der Waals surface area contributed by atoms with Crippen LogP contribution in [-0.2, 0) is 16.0 Å². The fourth-order valence-electron chi connectivity index (χ4n) is 4.65. The molecule has 2 atom stereocenters. The van der Waals surface area contributed by atoms with Crippen LogP contribution in [0.4, 0.5) is 0 Å². The van der Waals surface area contributed by atoms with Crippen LogP contribution in [0, 0.1) is 19.8 Å². The van der Waals surface area contributed by atoms with Gasteiger partial charge < -0.3 is 19.9 Å². The number of aromatic nitrogens is 1. The molecule has 7 nitrogen and oxygen atoms in total. The molecule has 3 rings (SSSR count). The summed E-state index contributed by atoms with van der Waals surface area (Å²) in [6.45, 7) is 8.93. The lowest BCUT2D eigenvalue weighted by molar-refractivity contribution is -0.138. The van der Waals surface area contributed by atoms with Crippen LogP contribution in [0.25, 0.3) is 10.4 Å². The molecule has 0 fully saturated rings. The first-order valence-electron chi connectivity index (χ1n) is 13.0. The Hall–Kier alpha value is -3.23. The molecule has 0 saturated carbocycles. The van der Waals surface area contributed by atoms with Crippen molar-refractivity contribution in [2.75, 3.05) is 20.6 Å². The second kappa shape index (κ2) is 13.0. The van der Waals surface area contributed by atoms with Gasteiger partial charge in [0.1, 0.15) is 6.04 Å². The lowest BCUT2D eigenvalue weighted by atomic mass is 9.99. The van der Waals surface area contributed by atoms with Gasteiger partial charge in [-0.2, -0.15) is 0 Å². The molecule has 1 amide bonds. The number of aliphatic carboxylic acids is 1. The van der Waals surface area contributed by atoms with E-state index in [9.17, 15) is 19.5 Å². The summed E-state index contributed by atoms with van der Waals surface area (Å²) in [6.07, 6.45) is 2.64. The third-order valence-electron chi connectivity index (χ3n) is 6.64. The first kappa shape index (κ1) is 29.3. The van der Waals surface area contributed by atoms with E-state index in [1.165, 1.54) is 15.9 Å². The van der Waals surface area contributed by atoms with E-state index in [0.717, 1.165) is 45.7 Å². The van der Waals surface area contributed by atoms with Gasteiger partial charge in [-0.1, -0.05) is 32.0 Å². The molecule has 0 aliphatic heterocycles. The van der Waals surface area contributed by atoms with E-state index < -0.39 is 18.1 Å². The third-order valence-corrected chi connectivity index (χ3v) is 7.60. The Kier molecular flexibility index (Phi) is 10.1. The van der Waals surface area contributed by atoms with E-state index in [1.54, 1.807) is 12.3 Å². The summed E-state index contributed by atoms with van der Waals surface area (Å²) in [5.74, 6) is -1.20. The third kappa shape index (κ3) is 7.65. The zero-order chi connectivity index (χ0) is 28.0. The molecule has 2 heterocycles. The molecule has 0 bridgehead atoms. The summed E-state index contributed by atoms with van der Waals surface area (Å²) in [7, 11) is 3.97. The number of pyridine rings is 1. The Labute approximate surface area is 229 Å². The molecular weight excluding hydrogens is 498 g/mol. The summed E-state index contributed by atoms with van der Waals surface area (Å²) in [6, 6.07) is 10.1. The number of hydrogen-bond acceptors (Lipinski definition) is 5. The van der Waals surface area contributed by atoms with Crippen molar-refractivity contribution in [3.05, 3.63) is 80.6 Å². The van der Waals surface area contributed by atoms with Crippen molar-refractivity contribution in [3.8, 4) is 10.4 Å². The van der Waals surface area contributed by atoms with E-state index in [2.05, 4.69) is 36.2 Å². The highest BCUT2D eigenvalue weighted by Gasteiger charge is 2.27. The van der Waals surface area contributed by atoms with Crippen LogP contribution in [0.1, 0.15) is 61.0 Å². The average molecular weight is 538 g/mol. The molecule has 1 aromatic carbocycles. The van der Waals surface area contributed by atoms with E-state index in [1.807, 2.05) is 51.5 Å². The summed E-state index contributed by atoms with van der Waals surface area (Å²) >= 11 is 1.54. The van der Waals surface area contributed by atoms with E-state index in [4.69, 9.17) is 0 Å². The number of nitrogens with one attached hydrogen (secondary N) is 1. The van der Waals surface area contributed by atoms with Gasteiger partial charge in [0, 0.05) is 23.7 Å². The minimum absolute atomic E-state index is 0.153. The normalized spacial score (nSPS) is 13.1. The van der Waals surface area contributed by atoms with Gasteiger partial charge in [0.05, 0.1) is 12.5 Å². The Balaban J connectivity index is 1.90. The minimum Gasteiger partial charge on any atom is -0.481 e. The predicted octanol–water partition coefficient (Wildman–Crippen LogP) is 5.22. The summed E-state index contributed by atoms with van der Waals surface area (Å²) < 4.78 is 1.47. The lowest BCUT2D eigenvalue weighted by Crippen LogP contribution is -2.40. The second-order valence-electron chi connectivity index (χ2n) is 10.6. The van der Waals surface area contributed by atoms with Crippen LogP contribution >= 0.6 is 11.3 Å². The monoisotopic (exact) mass is 537 g/mol. The molecule has 0 spiro atoms. The Bertz CT molecular complexity index is 1300. The van der Waals surface area contributed by atoms with Crippen LogP contribution in [0.5, 0.6) is 0 Å². The van der Waals surface area contributed by atoms with Gasteiger partial charge in [-0.05, 0) is 92.0 Å². The van der Waals surface area contributed by atoms with Gasteiger partial charge in [-0.25, -0.2) is 0 Å². The van der Waals surface area contributed by atoms with E-state index >= 15 is 0 Å². The minimum atomic E-state index is -1.00. The number of benzene rings is 1. The number of carboxylic acid groups (broad SMARTS) is 1. The molecule has 0 aliphatic carbocycles. The van der Waals surface area contributed by atoms with Crippen LogP contribution in [0.3, 0.4) is 0 Å². The Morgan fingerprint density at radius 1 is 1.11 bits per heavy atom. The highest BCUT2D eigenvalue weighted by molar-refractivity contribution is 7.13. The van der Waals surface area contributed by atoms with Crippen molar-refractivity contribution in [1.29, 1.82) is 0 Å². The maximum atomic E-state index is 13.6. The maximum Gasteiger partial charge on any atom is 0.305 e. The smallest absolute Gasteiger partial charge is 0.305 e. The number of carboxylic acids is 1. The van der Waals surface area contributed by atoms with Gasteiger partial charge >= 0.3 is 5.97 Å². The molecule has 0 radical (unpaired) electrons. The van der Waals surface area contributed by atoms with Gasteiger partial charge in [0.2, 0.25) is 5.91 Å². The number of nitrogens with zero attached hydrogens (tertiary/aromatic N) is 2. The SMILES string of the molecule is Cc1cccc(C)c1-c1cc(C(CC(=O)O)NC(=O)C(CC(C)C)n2ccc(CCN(C)C)cc2=O)cs1. The zero-order valence-corrected chi connectivity index (χ0v) is 24.0. The number of aryl methyl sites for hydroxylation is 2. The van der Waals surface area contributed by atoms with E-state index in [-0.39, 0.29) is 23.8 Å². The predicted molar refractivity (Wildman–Crippen MR) is 154 cm³/mol. The lowest BCUT2D eigenvalue weighted by Gasteiger charge is -2.24. The molecule has 2 aromatic heterocycles. The molecule has 38 heavy (non-hydrogen) atoms. The number of likely N-dealkylation sites (N-methyl/N-ethyl adjacent to an activating group) is 1. The highest BCUT2D eigenvalue weighted by Crippen LogP contribution is 2.35. The van der Waals surface area contributed by atoms with Crippen molar-refractivity contribution in [3.63, 3.8) is 0 Å². The highest BCUT2D eigenvalue weighted by atomic mass is 32.1. The zero-order valence-electron chi connectivity index (χ0n) is 23.2. The summed E-state index contributed by atoms with van der Waals surface area (Å²) in [5.41, 5.74) is 4.85. The fraction of sp³-hybridized carbons (Fsp3) is 0.433. The molecule has 0 saturated heterocycles. The number of carbonyl (C=O) groups excluding carboxylic acids is 1. The largest absolute Gasteiger partial charge is 0.481 e. The van der Waals surface area contributed by atoms with Crippen molar-refractivity contribution in [2.45, 2.75) is 59.0 Å². The first-order chi connectivity index (χ1) is 18.0. The van der Waals surface area contributed by atoms with Crippen LogP contribution in [-0.4, -0.2) is 47.1 Å². The Morgan fingerprint density at radius 3 is 2.37 bits per heavy atom. The van der Waals surface area contributed by atoms with Gasteiger partial charge in [0.15, 0.2) is 0 Å². The first-order valence-corrected chi connectivity index (χ1v) is 13.9. The van der Waals surface area contributed by atoms with Crippen molar-refractivity contribution >= 4 is 23.2 Å². The standard InChI is InChI=1S/C30H39N3O4S/c1-19(2)14-25(33-13-11-22(15-27(33)34)10-12-32(5)6)30(37)31-24(17-28(35)36)23-16-26(38-18-23)29-20(3)8-7-9-21(29)4/h7-9,11,13,15-16,18-19,24-25H,10,12,14,17H2,1-6H3,(H,31,37)(H,35,36). The molecule has 0 aliphatic rings. The topological polar surface area (TPSA) is 91.6 Å². The van der Waals surface area contributed by atoms with Crippen molar-refractivity contribution < 1.29 is 14.7 Å². The van der Waals surface area contributed by atoms with Crippen molar-refractivity contribution in [2.24, 2.45) is 5.92 Å². The van der Waals surface area contributed by atoms with Gasteiger partial charge in [-0.15, -0.1) is 11.3 Å². The molecule has 3 aromatic rings. The molecule has 8 heteroatoms. The number of rotatable bonds is 12. The molecule has 2 unspecified atom stereocenters.